The summed E-state index contributed by atoms with van der Waals surface area (Å²) in [6, 6.07) is 6.64. The number of aryl methyl sites for hydroxylation is 1. The zero-order valence-corrected chi connectivity index (χ0v) is 11.2. The molecule has 0 amide bonds. The van der Waals surface area contributed by atoms with Gasteiger partial charge in [-0.05, 0) is 43.2 Å². The Morgan fingerprint density at radius 1 is 1.37 bits per heavy atom. The Kier molecular flexibility index (Phi) is 3.95. The van der Waals surface area contributed by atoms with E-state index in [2.05, 4.69) is 11.9 Å². The van der Waals surface area contributed by atoms with Gasteiger partial charge in [0.05, 0.1) is 16.9 Å². The van der Waals surface area contributed by atoms with E-state index in [0.717, 1.165) is 23.1 Å². The standard InChI is InChI=1S/C16H17FN2/c1-3-5-6-14(18)16-11(4-2)9-12-7-8-13(17)10-15(12)19-16/h3,5-10H,4,18H2,1-2H3/b5-3-,14-6-. The zero-order chi connectivity index (χ0) is 13.8. The van der Waals surface area contributed by atoms with Crippen LogP contribution in [0.1, 0.15) is 25.1 Å². The van der Waals surface area contributed by atoms with Crippen molar-refractivity contribution in [3.63, 3.8) is 0 Å². The second-order valence-corrected chi connectivity index (χ2v) is 4.33. The summed E-state index contributed by atoms with van der Waals surface area (Å²) in [6.07, 6.45) is 6.41. The summed E-state index contributed by atoms with van der Waals surface area (Å²) >= 11 is 0. The Morgan fingerprint density at radius 3 is 2.84 bits per heavy atom. The first-order valence-electron chi connectivity index (χ1n) is 6.33. The number of allylic oxidation sites excluding steroid dienone is 3. The van der Waals surface area contributed by atoms with Gasteiger partial charge in [-0.1, -0.05) is 19.1 Å². The lowest BCUT2D eigenvalue weighted by Crippen LogP contribution is -2.04. The Morgan fingerprint density at radius 2 is 2.16 bits per heavy atom. The minimum atomic E-state index is -0.286. The van der Waals surface area contributed by atoms with Crippen molar-refractivity contribution in [1.82, 2.24) is 4.98 Å². The first-order valence-corrected chi connectivity index (χ1v) is 6.33. The molecule has 1 aromatic heterocycles. The van der Waals surface area contributed by atoms with Crippen LogP contribution >= 0.6 is 0 Å². The first-order chi connectivity index (χ1) is 9.15. The highest BCUT2D eigenvalue weighted by Gasteiger charge is 2.08. The Hall–Kier alpha value is -2.16. The predicted molar refractivity (Wildman–Crippen MR) is 78.1 cm³/mol. The van der Waals surface area contributed by atoms with E-state index in [4.69, 9.17) is 5.73 Å². The second kappa shape index (κ2) is 5.65. The summed E-state index contributed by atoms with van der Waals surface area (Å²) in [7, 11) is 0. The molecule has 2 aromatic rings. The molecule has 3 heteroatoms. The summed E-state index contributed by atoms with van der Waals surface area (Å²) in [5, 5.41) is 0.931. The van der Waals surface area contributed by atoms with Crippen LogP contribution in [0.25, 0.3) is 16.6 Å². The van der Waals surface area contributed by atoms with Crippen LogP contribution in [0.15, 0.2) is 42.5 Å². The molecule has 1 heterocycles. The van der Waals surface area contributed by atoms with Crippen molar-refractivity contribution in [3.05, 3.63) is 59.6 Å². The van der Waals surface area contributed by atoms with E-state index < -0.39 is 0 Å². The molecule has 0 bridgehead atoms. The van der Waals surface area contributed by atoms with Crippen LogP contribution in [0.2, 0.25) is 0 Å². The Labute approximate surface area is 112 Å². The van der Waals surface area contributed by atoms with Crippen molar-refractivity contribution >= 4 is 16.6 Å². The van der Waals surface area contributed by atoms with Crippen LogP contribution < -0.4 is 5.73 Å². The third-order valence-corrected chi connectivity index (χ3v) is 2.98. The van der Waals surface area contributed by atoms with Crippen molar-refractivity contribution in [2.75, 3.05) is 0 Å². The predicted octanol–water partition coefficient (Wildman–Crippen LogP) is 3.81. The SMILES string of the molecule is C/C=C\C=C(/N)c1nc2cc(F)ccc2cc1CC. The molecule has 19 heavy (non-hydrogen) atoms. The van der Waals surface area contributed by atoms with Gasteiger partial charge in [0, 0.05) is 11.5 Å². The molecular weight excluding hydrogens is 239 g/mol. The molecule has 2 rings (SSSR count). The first kappa shape index (κ1) is 13.3. The maximum Gasteiger partial charge on any atom is 0.125 e. The number of fused-ring (bicyclic) bond motifs is 1. The number of nitrogens with two attached hydrogens (primary N) is 1. The lowest BCUT2D eigenvalue weighted by Gasteiger charge is -2.09. The summed E-state index contributed by atoms with van der Waals surface area (Å²) in [4.78, 5) is 4.49. The molecule has 0 atom stereocenters. The normalized spacial score (nSPS) is 12.5. The maximum absolute atomic E-state index is 13.3. The topological polar surface area (TPSA) is 38.9 Å². The van der Waals surface area contributed by atoms with E-state index in [1.54, 1.807) is 6.07 Å². The highest BCUT2D eigenvalue weighted by molar-refractivity contribution is 5.82. The molecule has 1 aromatic carbocycles. The summed E-state index contributed by atoms with van der Waals surface area (Å²) in [5.74, 6) is -0.286. The number of aromatic nitrogens is 1. The molecule has 2 nitrogen and oxygen atoms in total. The zero-order valence-electron chi connectivity index (χ0n) is 11.2. The van der Waals surface area contributed by atoms with Gasteiger partial charge in [-0.3, -0.25) is 0 Å². The summed E-state index contributed by atoms with van der Waals surface area (Å²) in [6.45, 7) is 3.98. The molecule has 0 unspecified atom stereocenters. The van der Waals surface area contributed by atoms with Crippen molar-refractivity contribution in [1.29, 1.82) is 0 Å². The van der Waals surface area contributed by atoms with E-state index >= 15 is 0 Å². The van der Waals surface area contributed by atoms with E-state index in [0.29, 0.717) is 11.2 Å². The highest BCUT2D eigenvalue weighted by atomic mass is 19.1. The minimum absolute atomic E-state index is 0.286. The third kappa shape index (κ3) is 2.81. The minimum Gasteiger partial charge on any atom is -0.397 e. The number of hydrogen-bond donors (Lipinski definition) is 1. The molecule has 0 aliphatic carbocycles. The lowest BCUT2D eigenvalue weighted by molar-refractivity contribution is 0.629. The third-order valence-electron chi connectivity index (χ3n) is 2.98. The fraction of sp³-hybridized carbons (Fsp3) is 0.188. The van der Waals surface area contributed by atoms with E-state index in [9.17, 15) is 4.39 Å². The number of rotatable bonds is 3. The van der Waals surface area contributed by atoms with Gasteiger partial charge in [-0.15, -0.1) is 0 Å². The molecule has 0 spiro atoms. The quantitative estimate of drug-likeness (QED) is 0.848. The number of halogens is 1. The molecule has 0 fully saturated rings. The molecule has 98 valence electrons. The summed E-state index contributed by atoms with van der Waals surface area (Å²) < 4.78 is 13.3. The lowest BCUT2D eigenvalue weighted by atomic mass is 10.0. The van der Waals surface area contributed by atoms with E-state index in [1.807, 2.05) is 31.2 Å². The van der Waals surface area contributed by atoms with Crippen LogP contribution in [-0.4, -0.2) is 4.98 Å². The molecule has 0 radical (unpaired) electrons. The van der Waals surface area contributed by atoms with Crippen LogP contribution in [0.4, 0.5) is 4.39 Å². The van der Waals surface area contributed by atoms with Gasteiger partial charge >= 0.3 is 0 Å². The molecule has 2 N–H and O–H groups in total. The maximum atomic E-state index is 13.3. The molecule has 0 aliphatic heterocycles. The van der Waals surface area contributed by atoms with Crippen molar-refractivity contribution in [2.24, 2.45) is 5.73 Å². The van der Waals surface area contributed by atoms with Crippen molar-refractivity contribution in [3.8, 4) is 0 Å². The van der Waals surface area contributed by atoms with Gasteiger partial charge in [0.1, 0.15) is 5.82 Å². The molecule has 0 aliphatic rings. The number of nitrogens with zero attached hydrogens (tertiary/aromatic N) is 1. The van der Waals surface area contributed by atoms with E-state index in [1.165, 1.54) is 12.1 Å². The molecule has 0 saturated carbocycles. The monoisotopic (exact) mass is 256 g/mol. The molecule has 0 saturated heterocycles. The smallest absolute Gasteiger partial charge is 0.125 e. The fourth-order valence-electron chi connectivity index (χ4n) is 1.98. The van der Waals surface area contributed by atoms with Gasteiger partial charge in [0.2, 0.25) is 0 Å². The highest BCUT2D eigenvalue weighted by Crippen LogP contribution is 2.21. The number of benzene rings is 1. The number of hydrogen-bond acceptors (Lipinski definition) is 2. The van der Waals surface area contributed by atoms with Gasteiger partial charge in [-0.2, -0.15) is 0 Å². The Balaban J connectivity index is 2.64. The van der Waals surface area contributed by atoms with Crippen LogP contribution in [-0.2, 0) is 6.42 Å². The Bertz CT molecular complexity index is 657. The van der Waals surface area contributed by atoms with Crippen molar-refractivity contribution in [2.45, 2.75) is 20.3 Å². The summed E-state index contributed by atoms with van der Waals surface area (Å²) in [5.41, 5.74) is 9.07. The number of pyridine rings is 1. The van der Waals surface area contributed by atoms with Gasteiger partial charge in [0.15, 0.2) is 0 Å². The average molecular weight is 256 g/mol. The van der Waals surface area contributed by atoms with Crippen molar-refractivity contribution < 1.29 is 4.39 Å². The van der Waals surface area contributed by atoms with Gasteiger partial charge < -0.3 is 5.73 Å². The van der Waals surface area contributed by atoms with E-state index in [-0.39, 0.29) is 5.82 Å². The fourth-order valence-corrected chi connectivity index (χ4v) is 1.98. The van der Waals surface area contributed by atoms with Gasteiger partial charge in [0.25, 0.3) is 0 Å². The molecular formula is C16H17FN2. The van der Waals surface area contributed by atoms with Gasteiger partial charge in [-0.25, -0.2) is 9.37 Å². The van der Waals surface area contributed by atoms with Crippen LogP contribution in [0, 0.1) is 5.82 Å². The average Bonchev–Trinajstić information content (AvgIpc) is 2.43. The largest absolute Gasteiger partial charge is 0.397 e. The second-order valence-electron chi connectivity index (χ2n) is 4.33. The van der Waals surface area contributed by atoms with Crippen LogP contribution in [0.3, 0.4) is 0 Å². The van der Waals surface area contributed by atoms with Crippen LogP contribution in [0.5, 0.6) is 0 Å².